The van der Waals surface area contributed by atoms with Crippen molar-refractivity contribution in [2.24, 2.45) is 17.8 Å². The van der Waals surface area contributed by atoms with Crippen LogP contribution in [0.15, 0.2) is 0 Å². The third-order valence-electron chi connectivity index (χ3n) is 5.90. The van der Waals surface area contributed by atoms with E-state index in [1.165, 1.54) is 44.9 Å². The summed E-state index contributed by atoms with van der Waals surface area (Å²) in [7, 11) is 0. The first-order chi connectivity index (χ1) is 10.2. The summed E-state index contributed by atoms with van der Waals surface area (Å²) in [6.45, 7) is 3.51. The second-order valence-corrected chi connectivity index (χ2v) is 7.74. The van der Waals surface area contributed by atoms with E-state index >= 15 is 0 Å². The molecule has 3 heteroatoms. The standard InChI is InChI=1S/C18H31NO2/c1-2-21-17(20)6-4-3-5-7-19-18-11-14-8-15(12-18)10-16(9-14)13-18/h14-16,19H,2-13H2,1H3. The smallest absolute Gasteiger partial charge is 0.305 e. The maximum Gasteiger partial charge on any atom is 0.305 e. The van der Waals surface area contributed by atoms with Gasteiger partial charge in [0.2, 0.25) is 0 Å². The number of hydrogen-bond donors (Lipinski definition) is 1. The van der Waals surface area contributed by atoms with Gasteiger partial charge in [0.05, 0.1) is 6.61 Å². The summed E-state index contributed by atoms with van der Waals surface area (Å²) in [5.74, 6) is 3.03. The van der Waals surface area contributed by atoms with Gasteiger partial charge in [0.1, 0.15) is 0 Å². The summed E-state index contributed by atoms with van der Waals surface area (Å²) < 4.78 is 4.96. The quantitative estimate of drug-likeness (QED) is 0.548. The van der Waals surface area contributed by atoms with Gasteiger partial charge in [0, 0.05) is 12.0 Å². The van der Waals surface area contributed by atoms with Gasteiger partial charge >= 0.3 is 5.97 Å². The molecule has 0 aromatic rings. The molecule has 4 rings (SSSR count). The number of carbonyl (C=O) groups excluding carboxylic acids is 1. The van der Waals surface area contributed by atoms with Crippen molar-refractivity contribution in [3.8, 4) is 0 Å². The van der Waals surface area contributed by atoms with Crippen molar-refractivity contribution >= 4 is 5.97 Å². The highest BCUT2D eigenvalue weighted by atomic mass is 16.5. The number of rotatable bonds is 8. The largest absolute Gasteiger partial charge is 0.466 e. The number of unbranched alkanes of at least 4 members (excludes halogenated alkanes) is 2. The second-order valence-electron chi connectivity index (χ2n) is 7.74. The molecule has 0 unspecified atom stereocenters. The molecule has 120 valence electrons. The van der Waals surface area contributed by atoms with Gasteiger partial charge < -0.3 is 10.1 Å². The Hall–Kier alpha value is -0.570. The third-order valence-corrected chi connectivity index (χ3v) is 5.90. The van der Waals surface area contributed by atoms with Crippen molar-refractivity contribution in [2.45, 2.75) is 76.7 Å². The van der Waals surface area contributed by atoms with E-state index < -0.39 is 0 Å². The lowest BCUT2D eigenvalue weighted by Crippen LogP contribution is -2.58. The molecule has 0 saturated heterocycles. The van der Waals surface area contributed by atoms with Crippen LogP contribution in [0.25, 0.3) is 0 Å². The molecule has 1 N–H and O–H groups in total. The SMILES string of the molecule is CCOC(=O)CCCCCNC12CC3CC(CC(C3)C1)C2. The van der Waals surface area contributed by atoms with Crippen molar-refractivity contribution in [1.82, 2.24) is 5.32 Å². The number of nitrogens with one attached hydrogen (secondary N) is 1. The molecular formula is C18H31NO2. The Labute approximate surface area is 129 Å². The van der Waals surface area contributed by atoms with Gasteiger partial charge in [-0.1, -0.05) is 6.42 Å². The van der Waals surface area contributed by atoms with E-state index in [1.807, 2.05) is 6.92 Å². The van der Waals surface area contributed by atoms with Crippen LogP contribution in [0.1, 0.15) is 71.1 Å². The number of ether oxygens (including phenoxy) is 1. The highest BCUT2D eigenvalue weighted by Crippen LogP contribution is 2.55. The van der Waals surface area contributed by atoms with Crippen LogP contribution in [-0.4, -0.2) is 24.7 Å². The van der Waals surface area contributed by atoms with Crippen LogP contribution in [0, 0.1) is 17.8 Å². The van der Waals surface area contributed by atoms with Crippen LogP contribution in [-0.2, 0) is 9.53 Å². The van der Waals surface area contributed by atoms with Gasteiger partial charge in [-0.2, -0.15) is 0 Å². The van der Waals surface area contributed by atoms with E-state index in [0.717, 1.165) is 37.1 Å². The zero-order chi connectivity index (χ0) is 14.7. The van der Waals surface area contributed by atoms with Gasteiger partial charge in [-0.15, -0.1) is 0 Å². The van der Waals surface area contributed by atoms with Crippen LogP contribution < -0.4 is 5.32 Å². The molecule has 4 fully saturated rings. The van der Waals surface area contributed by atoms with E-state index in [0.29, 0.717) is 18.6 Å². The fraction of sp³-hybridized carbons (Fsp3) is 0.944. The fourth-order valence-electron chi connectivity index (χ4n) is 5.48. The van der Waals surface area contributed by atoms with Gasteiger partial charge in [0.15, 0.2) is 0 Å². The Morgan fingerprint density at radius 2 is 1.67 bits per heavy atom. The van der Waals surface area contributed by atoms with E-state index in [9.17, 15) is 4.79 Å². The molecular weight excluding hydrogens is 262 g/mol. The third kappa shape index (κ3) is 3.80. The predicted octanol–water partition coefficient (Wildman–Crippen LogP) is 3.67. The van der Waals surface area contributed by atoms with E-state index in [2.05, 4.69) is 5.32 Å². The Morgan fingerprint density at radius 1 is 1.05 bits per heavy atom. The molecule has 0 aromatic carbocycles. The van der Waals surface area contributed by atoms with Crippen molar-refractivity contribution in [2.75, 3.05) is 13.2 Å². The summed E-state index contributed by atoms with van der Waals surface area (Å²) in [5.41, 5.74) is 0.496. The Kier molecular flexibility index (Phi) is 4.88. The van der Waals surface area contributed by atoms with Crippen LogP contribution in [0.2, 0.25) is 0 Å². The van der Waals surface area contributed by atoms with Crippen LogP contribution in [0.5, 0.6) is 0 Å². The van der Waals surface area contributed by atoms with Gasteiger partial charge in [-0.05, 0) is 82.6 Å². The monoisotopic (exact) mass is 293 g/mol. The summed E-state index contributed by atoms with van der Waals surface area (Å²) in [4.78, 5) is 11.3. The Morgan fingerprint density at radius 3 is 2.24 bits per heavy atom. The molecule has 4 bridgehead atoms. The second kappa shape index (κ2) is 6.68. The fourth-order valence-corrected chi connectivity index (χ4v) is 5.48. The lowest BCUT2D eigenvalue weighted by atomic mass is 9.53. The Balaban J connectivity index is 1.32. The molecule has 0 heterocycles. The number of hydrogen-bond acceptors (Lipinski definition) is 3. The predicted molar refractivity (Wildman–Crippen MR) is 84.0 cm³/mol. The van der Waals surface area contributed by atoms with Gasteiger partial charge in [0.25, 0.3) is 0 Å². The maximum atomic E-state index is 11.3. The molecule has 0 radical (unpaired) electrons. The van der Waals surface area contributed by atoms with Crippen molar-refractivity contribution < 1.29 is 9.53 Å². The zero-order valence-corrected chi connectivity index (χ0v) is 13.5. The van der Waals surface area contributed by atoms with Crippen LogP contribution in [0.4, 0.5) is 0 Å². The zero-order valence-electron chi connectivity index (χ0n) is 13.5. The lowest BCUT2D eigenvalue weighted by molar-refractivity contribution is -0.143. The first-order valence-electron chi connectivity index (χ1n) is 9.10. The van der Waals surface area contributed by atoms with Crippen LogP contribution >= 0.6 is 0 Å². The van der Waals surface area contributed by atoms with E-state index in [-0.39, 0.29) is 5.97 Å². The molecule has 3 nitrogen and oxygen atoms in total. The minimum atomic E-state index is -0.0356. The van der Waals surface area contributed by atoms with Crippen LogP contribution in [0.3, 0.4) is 0 Å². The summed E-state index contributed by atoms with van der Waals surface area (Å²) in [6, 6.07) is 0. The highest BCUT2D eigenvalue weighted by Gasteiger charge is 2.50. The molecule has 21 heavy (non-hydrogen) atoms. The average Bonchev–Trinajstić information content (AvgIpc) is 2.41. The number of carbonyl (C=O) groups is 1. The molecule has 0 aromatic heterocycles. The summed E-state index contributed by atoms with van der Waals surface area (Å²) in [6.07, 6.45) is 12.7. The highest BCUT2D eigenvalue weighted by molar-refractivity contribution is 5.69. The van der Waals surface area contributed by atoms with Gasteiger partial charge in [-0.25, -0.2) is 0 Å². The lowest BCUT2D eigenvalue weighted by Gasteiger charge is -2.57. The normalized spacial score (nSPS) is 36.9. The molecule has 4 saturated carbocycles. The first-order valence-corrected chi connectivity index (χ1v) is 9.10. The average molecular weight is 293 g/mol. The molecule has 0 spiro atoms. The molecule has 4 aliphatic rings. The number of esters is 1. The van der Waals surface area contributed by atoms with Crippen molar-refractivity contribution in [3.63, 3.8) is 0 Å². The maximum absolute atomic E-state index is 11.3. The summed E-state index contributed by atoms with van der Waals surface area (Å²) in [5, 5.41) is 3.92. The molecule has 4 aliphatic carbocycles. The van der Waals surface area contributed by atoms with Crippen molar-refractivity contribution in [1.29, 1.82) is 0 Å². The van der Waals surface area contributed by atoms with E-state index in [1.54, 1.807) is 0 Å². The Bertz CT molecular complexity index is 331. The molecule has 0 amide bonds. The first kappa shape index (κ1) is 15.3. The molecule has 0 atom stereocenters. The minimum absolute atomic E-state index is 0.0356. The topological polar surface area (TPSA) is 38.3 Å². The summed E-state index contributed by atoms with van der Waals surface area (Å²) >= 11 is 0. The molecule has 0 aliphatic heterocycles. The van der Waals surface area contributed by atoms with E-state index in [4.69, 9.17) is 4.74 Å². The minimum Gasteiger partial charge on any atom is -0.466 e. The van der Waals surface area contributed by atoms with Crippen molar-refractivity contribution in [3.05, 3.63) is 0 Å². The van der Waals surface area contributed by atoms with Gasteiger partial charge in [-0.3, -0.25) is 4.79 Å².